The number of amides is 1. The van der Waals surface area contributed by atoms with Crippen molar-refractivity contribution in [2.24, 2.45) is 5.73 Å². The first-order valence-corrected chi connectivity index (χ1v) is 8.84. The lowest BCUT2D eigenvalue weighted by atomic mass is 10.1. The number of anilines is 1. The Kier molecular flexibility index (Phi) is 4.44. The third kappa shape index (κ3) is 3.34. The molecule has 6 heteroatoms. The molecule has 2 unspecified atom stereocenters. The number of hydrogen-bond acceptors (Lipinski definition) is 4. The van der Waals surface area contributed by atoms with Gasteiger partial charge in [-0.15, -0.1) is 0 Å². The fourth-order valence-corrected chi connectivity index (χ4v) is 3.20. The largest absolute Gasteiger partial charge is 0.370 e. The molecule has 0 radical (unpaired) electrons. The van der Waals surface area contributed by atoms with E-state index in [1.807, 2.05) is 49.4 Å². The van der Waals surface area contributed by atoms with E-state index in [0.717, 1.165) is 47.4 Å². The summed E-state index contributed by atoms with van der Waals surface area (Å²) in [5.41, 5.74) is 10.4. The van der Waals surface area contributed by atoms with E-state index in [9.17, 15) is 4.79 Å². The fraction of sp³-hybridized carbons (Fsp3) is 0.300. The molecule has 2 aromatic carbocycles. The number of ether oxygens (including phenoxy) is 1. The molecule has 0 aliphatic carbocycles. The summed E-state index contributed by atoms with van der Waals surface area (Å²) < 4.78 is 5.67. The topological polar surface area (TPSA) is 93.0 Å². The van der Waals surface area contributed by atoms with E-state index in [1.54, 1.807) is 0 Å². The Morgan fingerprint density at radius 1 is 1.31 bits per heavy atom. The number of aromatic amines is 1. The first-order valence-electron chi connectivity index (χ1n) is 8.84. The Bertz CT molecular complexity index is 927. The number of nitrogens with zero attached hydrogens (tertiary/aromatic N) is 1. The van der Waals surface area contributed by atoms with Crippen LogP contribution in [0.1, 0.15) is 41.9 Å². The van der Waals surface area contributed by atoms with Crippen LogP contribution in [0.2, 0.25) is 0 Å². The van der Waals surface area contributed by atoms with E-state index in [-0.39, 0.29) is 12.0 Å². The lowest BCUT2D eigenvalue weighted by Gasteiger charge is -2.13. The number of benzene rings is 2. The van der Waals surface area contributed by atoms with Gasteiger partial charge in [-0.3, -0.25) is 4.79 Å². The zero-order valence-electron chi connectivity index (χ0n) is 14.7. The lowest BCUT2D eigenvalue weighted by Crippen LogP contribution is -2.27. The number of H-pyrrole nitrogens is 1. The van der Waals surface area contributed by atoms with Crippen molar-refractivity contribution in [3.05, 3.63) is 59.4 Å². The maximum atomic E-state index is 12.5. The third-order valence-electron chi connectivity index (χ3n) is 4.72. The highest BCUT2D eigenvalue weighted by Crippen LogP contribution is 2.28. The van der Waals surface area contributed by atoms with Crippen LogP contribution in [0.3, 0.4) is 0 Å². The zero-order chi connectivity index (χ0) is 18.1. The average Bonchev–Trinajstić information content (AvgIpc) is 3.30. The Morgan fingerprint density at radius 3 is 2.85 bits per heavy atom. The van der Waals surface area contributed by atoms with Crippen molar-refractivity contribution in [3.63, 3.8) is 0 Å². The molecule has 0 saturated carbocycles. The molecule has 134 valence electrons. The highest BCUT2D eigenvalue weighted by atomic mass is 16.5. The number of hydrogen-bond donors (Lipinski definition) is 3. The molecule has 4 N–H and O–H groups in total. The van der Waals surface area contributed by atoms with Crippen LogP contribution >= 0.6 is 0 Å². The van der Waals surface area contributed by atoms with Crippen LogP contribution < -0.4 is 11.1 Å². The molecule has 1 aromatic heterocycles. The summed E-state index contributed by atoms with van der Waals surface area (Å²) in [5, 5.41) is 2.88. The normalized spacial score (nSPS) is 18.2. The highest BCUT2D eigenvalue weighted by Gasteiger charge is 2.21. The van der Waals surface area contributed by atoms with Crippen molar-refractivity contribution in [1.29, 1.82) is 0 Å². The second-order valence-corrected chi connectivity index (χ2v) is 6.73. The van der Waals surface area contributed by atoms with E-state index in [2.05, 4.69) is 15.3 Å². The van der Waals surface area contributed by atoms with Gasteiger partial charge in [0, 0.05) is 12.3 Å². The monoisotopic (exact) mass is 350 g/mol. The van der Waals surface area contributed by atoms with Crippen molar-refractivity contribution >= 4 is 22.6 Å². The van der Waals surface area contributed by atoms with Gasteiger partial charge >= 0.3 is 0 Å². The van der Waals surface area contributed by atoms with E-state index in [0.29, 0.717) is 5.69 Å². The molecule has 1 saturated heterocycles. The number of carbonyl (C=O) groups is 1. The van der Waals surface area contributed by atoms with E-state index in [4.69, 9.17) is 10.5 Å². The minimum atomic E-state index is -0.712. The summed E-state index contributed by atoms with van der Waals surface area (Å²) in [7, 11) is 0. The maximum Gasteiger partial charge on any atom is 0.245 e. The smallest absolute Gasteiger partial charge is 0.245 e. The summed E-state index contributed by atoms with van der Waals surface area (Å²) in [4.78, 5) is 20.4. The second-order valence-electron chi connectivity index (χ2n) is 6.73. The van der Waals surface area contributed by atoms with Gasteiger partial charge in [-0.05, 0) is 43.5 Å². The fourth-order valence-electron chi connectivity index (χ4n) is 3.20. The van der Waals surface area contributed by atoms with Crippen LogP contribution in [0.4, 0.5) is 5.69 Å². The van der Waals surface area contributed by atoms with Crippen molar-refractivity contribution in [2.45, 2.75) is 31.9 Å². The minimum Gasteiger partial charge on any atom is -0.370 e. The second kappa shape index (κ2) is 6.90. The van der Waals surface area contributed by atoms with E-state index in [1.165, 1.54) is 0 Å². The number of aromatic nitrogens is 2. The number of aryl methyl sites for hydroxylation is 1. The molecule has 3 aromatic rings. The number of carbonyl (C=O) groups excluding carboxylic acids is 1. The van der Waals surface area contributed by atoms with Crippen LogP contribution in [-0.2, 0) is 9.53 Å². The van der Waals surface area contributed by atoms with Gasteiger partial charge in [0.2, 0.25) is 5.91 Å². The molecule has 6 nitrogen and oxygen atoms in total. The van der Waals surface area contributed by atoms with Gasteiger partial charge in [-0.2, -0.15) is 0 Å². The molecule has 2 heterocycles. The number of rotatable bonds is 4. The Hall–Kier alpha value is -2.70. The quantitative estimate of drug-likeness (QED) is 0.672. The molecule has 26 heavy (non-hydrogen) atoms. The van der Waals surface area contributed by atoms with Crippen LogP contribution in [0.5, 0.6) is 0 Å². The summed E-state index contributed by atoms with van der Waals surface area (Å²) >= 11 is 0. The standard InChI is InChI=1S/C20H22N4O2/c1-12-4-6-13(7-5-12)18(21)20(25)22-14-8-9-15-16(11-14)24-19(23-15)17-3-2-10-26-17/h4-9,11,17-18H,2-3,10,21H2,1H3,(H,22,25)(H,23,24). The molecule has 0 bridgehead atoms. The predicted octanol–water partition coefficient (Wildman–Crippen LogP) is 3.36. The molecule has 4 rings (SSSR count). The predicted molar refractivity (Wildman–Crippen MR) is 101 cm³/mol. The molecule has 0 spiro atoms. The summed E-state index contributed by atoms with van der Waals surface area (Å²) in [6.07, 6.45) is 2.07. The van der Waals surface area contributed by atoms with Gasteiger partial charge in [-0.25, -0.2) is 4.98 Å². The maximum absolute atomic E-state index is 12.5. The van der Waals surface area contributed by atoms with Gasteiger partial charge in [0.25, 0.3) is 0 Å². The summed E-state index contributed by atoms with van der Waals surface area (Å²) in [6, 6.07) is 12.5. The minimum absolute atomic E-state index is 0.0374. The highest BCUT2D eigenvalue weighted by molar-refractivity contribution is 5.96. The zero-order valence-corrected chi connectivity index (χ0v) is 14.7. The molecule has 1 amide bonds. The van der Waals surface area contributed by atoms with Gasteiger partial charge in [-0.1, -0.05) is 29.8 Å². The van der Waals surface area contributed by atoms with E-state index >= 15 is 0 Å². The van der Waals surface area contributed by atoms with Crippen molar-refractivity contribution < 1.29 is 9.53 Å². The first kappa shape index (κ1) is 16.8. The Morgan fingerprint density at radius 2 is 2.12 bits per heavy atom. The van der Waals surface area contributed by atoms with Crippen LogP contribution in [0.15, 0.2) is 42.5 Å². The van der Waals surface area contributed by atoms with E-state index < -0.39 is 6.04 Å². The molecular weight excluding hydrogens is 328 g/mol. The Balaban J connectivity index is 1.51. The third-order valence-corrected chi connectivity index (χ3v) is 4.72. The average molecular weight is 350 g/mol. The molecule has 1 aliphatic heterocycles. The van der Waals surface area contributed by atoms with Crippen LogP contribution in [-0.4, -0.2) is 22.5 Å². The Labute approximate surface area is 151 Å². The molecule has 2 atom stereocenters. The summed E-state index contributed by atoms with van der Waals surface area (Å²) in [6.45, 7) is 2.78. The summed E-state index contributed by atoms with van der Waals surface area (Å²) in [5.74, 6) is 0.601. The molecule has 1 fully saturated rings. The lowest BCUT2D eigenvalue weighted by molar-refractivity contribution is -0.117. The molecule has 1 aliphatic rings. The molecular formula is C20H22N4O2. The SMILES string of the molecule is Cc1ccc(C(N)C(=O)Nc2ccc3nc(C4CCCO4)[nH]c3c2)cc1. The van der Waals surface area contributed by atoms with Crippen LogP contribution in [0.25, 0.3) is 11.0 Å². The number of fused-ring (bicyclic) bond motifs is 1. The van der Waals surface area contributed by atoms with Gasteiger partial charge in [0.1, 0.15) is 18.0 Å². The van der Waals surface area contributed by atoms with Crippen molar-refractivity contribution in [1.82, 2.24) is 9.97 Å². The number of nitrogens with one attached hydrogen (secondary N) is 2. The van der Waals surface area contributed by atoms with Gasteiger partial charge < -0.3 is 20.8 Å². The van der Waals surface area contributed by atoms with Crippen molar-refractivity contribution in [3.8, 4) is 0 Å². The number of imidazole rings is 1. The van der Waals surface area contributed by atoms with Crippen LogP contribution in [0, 0.1) is 6.92 Å². The van der Waals surface area contributed by atoms with Gasteiger partial charge in [0.05, 0.1) is 11.0 Å². The number of nitrogens with two attached hydrogens (primary N) is 1. The van der Waals surface area contributed by atoms with Crippen molar-refractivity contribution in [2.75, 3.05) is 11.9 Å². The first-order chi connectivity index (χ1) is 12.6. The van der Waals surface area contributed by atoms with Gasteiger partial charge in [0.15, 0.2) is 0 Å².